The molecule has 4 fully saturated rings. The topological polar surface area (TPSA) is 153 Å². The number of rotatable bonds is 10. The summed E-state index contributed by atoms with van der Waals surface area (Å²) < 4.78 is 15.6. The van der Waals surface area contributed by atoms with Crippen LogP contribution in [0.1, 0.15) is 127 Å². The molecule has 2 saturated carbocycles. The van der Waals surface area contributed by atoms with Gasteiger partial charge >= 0.3 is 0 Å². The zero-order chi connectivity index (χ0) is 51.6. The fourth-order valence-electron chi connectivity index (χ4n) is 13.6. The molecule has 4 aromatic heterocycles. The molecular weight excluding hydrogens is 949 g/mol. The Morgan fingerprint density at radius 2 is 1.82 bits per heavy atom. The lowest BCUT2D eigenvalue weighted by molar-refractivity contribution is -0.168. The number of aliphatic hydroxyl groups is 1. The highest BCUT2D eigenvalue weighted by molar-refractivity contribution is 7.10. The third-order valence-electron chi connectivity index (χ3n) is 17.9. The molecule has 6 aliphatic rings. The summed E-state index contributed by atoms with van der Waals surface area (Å²) in [5.74, 6) is -0.649. The number of amides is 2. The maximum absolute atomic E-state index is 15.0. The Kier molecular flexibility index (Phi) is 14.3. The zero-order valence-electron chi connectivity index (χ0n) is 44.8. The van der Waals surface area contributed by atoms with Crippen molar-refractivity contribution in [1.29, 1.82) is 0 Å². The van der Waals surface area contributed by atoms with Crippen molar-refractivity contribution in [2.75, 3.05) is 58.4 Å². The molecule has 6 bridgehead atoms. The Bertz CT molecular complexity index is 2830. The first-order valence-electron chi connectivity index (χ1n) is 27.6. The number of fused-ring (bicyclic) bond motifs is 8. The molecule has 2 unspecified atom stereocenters. The second-order valence-corrected chi connectivity index (χ2v) is 24.5. The Morgan fingerprint density at radius 1 is 1.04 bits per heavy atom. The normalized spacial score (nSPS) is 28.1. The van der Waals surface area contributed by atoms with E-state index in [0.29, 0.717) is 19.4 Å². The van der Waals surface area contributed by atoms with Crippen LogP contribution < -0.4 is 15.6 Å². The number of pyridine rings is 2. The molecular formula is C58H78N10O5S. The molecule has 2 saturated heterocycles. The molecule has 2 amide bonds. The number of carbonyl (C=O) groups is 2. The number of ether oxygens (including phenoxy) is 2. The molecule has 11 rings (SSSR count). The van der Waals surface area contributed by atoms with E-state index in [9.17, 15) is 14.7 Å². The lowest BCUT2D eigenvalue weighted by atomic mass is 9.67. The largest absolute Gasteiger partial charge is 0.374 e. The first-order chi connectivity index (χ1) is 35.7. The number of hydrogen-bond acceptors (Lipinski definition) is 13. The van der Waals surface area contributed by atoms with Crippen LogP contribution in [0.5, 0.6) is 0 Å². The number of nitrogens with zero attached hydrogens (tertiary/aromatic N) is 8. The van der Waals surface area contributed by atoms with Gasteiger partial charge in [-0.2, -0.15) is 0 Å². The highest BCUT2D eigenvalue weighted by atomic mass is 32.1. The summed E-state index contributed by atoms with van der Waals surface area (Å²) in [7, 11) is 3.86. The van der Waals surface area contributed by atoms with Crippen LogP contribution in [-0.4, -0.2) is 141 Å². The number of aromatic nitrogens is 4. The van der Waals surface area contributed by atoms with E-state index in [0.717, 1.165) is 114 Å². The van der Waals surface area contributed by atoms with Gasteiger partial charge in [0.15, 0.2) is 6.29 Å². The highest BCUT2D eigenvalue weighted by Gasteiger charge is 2.48. The van der Waals surface area contributed by atoms with Gasteiger partial charge in [0.1, 0.15) is 12.1 Å². The summed E-state index contributed by atoms with van der Waals surface area (Å²) in [6.45, 7) is 18.6. The Balaban J connectivity index is 0.938. The Labute approximate surface area is 441 Å². The fraction of sp³-hybridized carbons (Fsp3) is 0.603. The average Bonchev–Trinajstić information content (AvgIpc) is 4.08. The summed E-state index contributed by atoms with van der Waals surface area (Å²) in [5.41, 5.74) is 12.5. The molecule has 74 heavy (non-hydrogen) atoms. The first kappa shape index (κ1) is 51.3. The minimum Gasteiger partial charge on any atom is -0.374 e. The van der Waals surface area contributed by atoms with E-state index in [1.165, 1.54) is 35.3 Å². The van der Waals surface area contributed by atoms with Gasteiger partial charge in [-0.05, 0) is 117 Å². The summed E-state index contributed by atoms with van der Waals surface area (Å²) in [6.07, 6.45) is 12.3. The molecule has 16 heteroatoms. The number of piperazine rings is 1. The quantitative estimate of drug-likeness (QED) is 0.124. The van der Waals surface area contributed by atoms with Crippen molar-refractivity contribution in [3.05, 3.63) is 82.2 Å². The summed E-state index contributed by atoms with van der Waals surface area (Å²) >= 11 is 1.51. The zero-order valence-corrected chi connectivity index (χ0v) is 45.7. The third kappa shape index (κ3) is 9.59. The van der Waals surface area contributed by atoms with Gasteiger partial charge in [-0.15, -0.1) is 11.3 Å². The molecule has 0 spiro atoms. The summed E-state index contributed by atoms with van der Waals surface area (Å²) in [6, 6.07) is 12.3. The predicted molar refractivity (Wildman–Crippen MR) is 291 cm³/mol. The van der Waals surface area contributed by atoms with Crippen molar-refractivity contribution in [2.24, 2.45) is 11.3 Å². The van der Waals surface area contributed by atoms with Crippen LogP contribution in [0.25, 0.3) is 33.4 Å². The number of hydrazine groups is 1. The van der Waals surface area contributed by atoms with Crippen LogP contribution in [0.15, 0.2) is 60.4 Å². The number of benzene rings is 1. The molecule has 5 aromatic rings. The molecule has 0 radical (unpaired) electrons. The van der Waals surface area contributed by atoms with E-state index in [4.69, 9.17) is 19.4 Å². The van der Waals surface area contributed by atoms with E-state index in [-0.39, 0.29) is 48.1 Å². The van der Waals surface area contributed by atoms with E-state index in [1.807, 2.05) is 24.7 Å². The van der Waals surface area contributed by atoms with Crippen LogP contribution in [0.4, 0.5) is 5.69 Å². The van der Waals surface area contributed by atoms with Crippen molar-refractivity contribution in [3.8, 4) is 22.5 Å². The standard InChI is InChI=1S/C58H78N10O5S/c1-9-67-46-17-14-36-28-41(46)48-49(53(72-8)50-42(52(48)67)29-40(32-60-50)66-26-24-65(25-27-66)39-15-16-39)57(4,5)34-73-56(71)43-13-11-23-68(63-43)55(70)44(30-47-61-45(36)33-74-47)62-54(69)51(35(2)3)64(7)38-18-20-58(6,21-19-38)37-12-10-22-59-31-37/h10,12,14,17,22,28-29,31-33,35,38-39,43-44,49,51,53,56,63,71H,9,11,13,15-16,18-21,23-27,30,34H2,1-8H3,(H,62,69)/t38?,43-,44-,49?,51-,53-,56?,58?/m0/s1. The van der Waals surface area contributed by atoms with Gasteiger partial charge in [-0.1, -0.05) is 46.8 Å². The minimum atomic E-state index is -1.21. The molecule has 3 N–H and O–H groups in total. The second-order valence-electron chi connectivity index (χ2n) is 23.6. The summed E-state index contributed by atoms with van der Waals surface area (Å²) in [5, 5.41) is 20.8. The van der Waals surface area contributed by atoms with Gasteiger partial charge in [-0.3, -0.25) is 34.4 Å². The SMILES string of the molecule is CCn1c2c3c4cc(ccc41)-c1csc(n1)C[C@H](NC(=O)[C@H](C(C)C)N(C)C1CCC(C)(c4cccnc4)CC1)C(=O)N1CCC[C@H](N1)C(O)OCC(C)(C)C3[C@H](OC)c1ncc(N3CCN(C4CC4)CC3)cc1-2. The van der Waals surface area contributed by atoms with Gasteiger partial charge in [0.2, 0.25) is 5.91 Å². The van der Waals surface area contributed by atoms with Gasteiger partial charge in [0.05, 0.1) is 52.7 Å². The molecule has 1 aromatic carbocycles. The number of aliphatic hydroxyl groups excluding tert-OH is 1. The highest BCUT2D eigenvalue weighted by Crippen LogP contribution is 2.57. The number of hydrogen-bond donors (Lipinski definition) is 3. The van der Waals surface area contributed by atoms with E-state index < -0.39 is 35.9 Å². The second kappa shape index (κ2) is 20.6. The van der Waals surface area contributed by atoms with E-state index in [2.05, 4.69) is 119 Å². The van der Waals surface area contributed by atoms with Crippen molar-refractivity contribution < 1.29 is 24.2 Å². The number of anilines is 1. The maximum atomic E-state index is 15.0. The monoisotopic (exact) mass is 1030 g/mol. The van der Waals surface area contributed by atoms with Crippen molar-refractivity contribution in [1.82, 2.24) is 45.1 Å². The summed E-state index contributed by atoms with van der Waals surface area (Å²) in [4.78, 5) is 52.1. The lowest BCUT2D eigenvalue weighted by Crippen LogP contribution is -2.63. The van der Waals surface area contributed by atoms with Gasteiger partial charge in [0.25, 0.3) is 5.91 Å². The molecule has 3 aliphatic carbocycles. The molecule has 7 heterocycles. The third-order valence-corrected chi connectivity index (χ3v) is 18.8. The van der Waals surface area contributed by atoms with Gasteiger partial charge < -0.3 is 29.4 Å². The number of thiazole rings is 1. The van der Waals surface area contributed by atoms with E-state index in [1.54, 1.807) is 12.1 Å². The number of carbonyl (C=O) groups excluding carboxylic acids is 2. The Hall–Kier alpha value is -4.81. The van der Waals surface area contributed by atoms with Crippen LogP contribution >= 0.6 is 11.3 Å². The smallest absolute Gasteiger partial charge is 0.259 e. The van der Waals surface area contributed by atoms with E-state index >= 15 is 0 Å². The van der Waals surface area contributed by atoms with Gasteiger partial charge in [-0.25, -0.2) is 10.4 Å². The Morgan fingerprint density at radius 3 is 2.53 bits per heavy atom. The van der Waals surface area contributed by atoms with Crippen LogP contribution in [0.2, 0.25) is 0 Å². The van der Waals surface area contributed by atoms with Crippen LogP contribution in [0, 0.1) is 11.3 Å². The predicted octanol–water partition coefficient (Wildman–Crippen LogP) is 8.07. The molecule has 3 aliphatic heterocycles. The van der Waals surface area contributed by atoms with Crippen LogP contribution in [0.3, 0.4) is 0 Å². The molecule has 6 atom stereocenters. The number of nitrogens with one attached hydrogen (secondary N) is 2. The number of aryl methyl sites for hydroxylation is 1. The first-order valence-corrected chi connectivity index (χ1v) is 28.5. The number of methoxy groups -OCH3 is 1. The van der Waals surface area contributed by atoms with Crippen molar-refractivity contribution >= 4 is 39.7 Å². The lowest BCUT2D eigenvalue weighted by Gasteiger charge is -2.44. The minimum absolute atomic E-state index is 0.0111. The average molecular weight is 1030 g/mol. The van der Waals surface area contributed by atoms with Crippen LogP contribution in [-0.2, 0) is 37.4 Å². The maximum Gasteiger partial charge on any atom is 0.259 e. The van der Waals surface area contributed by atoms with Crippen molar-refractivity contribution in [2.45, 2.75) is 160 Å². The molecule has 15 nitrogen and oxygen atoms in total. The molecule has 396 valence electrons. The van der Waals surface area contributed by atoms with Crippen molar-refractivity contribution in [3.63, 3.8) is 0 Å². The van der Waals surface area contributed by atoms with Gasteiger partial charge in [0, 0.05) is 111 Å². The number of likely N-dealkylation sites (N-methyl/N-ethyl adjacent to an activating group) is 1. The fourth-order valence-corrected chi connectivity index (χ4v) is 14.4.